The molecule has 1 N–H and O–H groups in total. The number of Topliss-reactive ketones (excluding diaryl/α,β-unsaturated/α-hetero) is 1. The summed E-state index contributed by atoms with van der Waals surface area (Å²) in [4.78, 5) is 22.3. The molecular formula is C11H10ClNO3. The number of carbonyl (C=O) groups excluding carboxylic acids is 2. The standard InChI is InChI=1S/C11H10ClNO3/c12-5-8(14)3-7-1-2-10-9(4-7)13-11(15)6-16-10/h1-2,4H,3,5-6H2,(H,13,15). The first-order valence-corrected chi connectivity index (χ1v) is 5.36. The Balaban J connectivity index is 2.21. The van der Waals surface area contributed by atoms with E-state index in [1.165, 1.54) is 0 Å². The highest BCUT2D eigenvalue weighted by Crippen LogP contribution is 2.28. The van der Waals surface area contributed by atoms with Crippen molar-refractivity contribution in [1.82, 2.24) is 0 Å². The number of ketones is 1. The number of hydrogen-bond donors (Lipinski definition) is 1. The average Bonchev–Trinajstić information content (AvgIpc) is 2.28. The van der Waals surface area contributed by atoms with E-state index in [2.05, 4.69) is 5.32 Å². The van der Waals surface area contributed by atoms with E-state index in [9.17, 15) is 9.59 Å². The Morgan fingerprint density at radius 3 is 3.06 bits per heavy atom. The van der Waals surface area contributed by atoms with Gasteiger partial charge in [0, 0.05) is 6.42 Å². The van der Waals surface area contributed by atoms with E-state index in [-0.39, 0.29) is 30.6 Å². The van der Waals surface area contributed by atoms with Gasteiger partial charge in [-0.2, -0.15) is 0 Å². The van der Waals surface area contributed by atoms with E-state index in [4.69, 9.17) is 16.3 Å². The third kappa shape index (κ3) is 2.33. The molecule has 0 fully saturated rings. The summed E-state index contributed by atoms with van der Waals surface area (Å²) in [6.45, 7) is 0.0347. The second-order valence-corrected chi connectivity index (χ2v) is 3.78. The quantitative estimate of drug-likeness (QED) is 0.811. The van der Waals surface area contributed by atoms with Crippen LogP contribution in [0.2, 0.25) is 0 Å². The second-order valence-electron chi connectivity index (χ2n) is 3.52. The number of nitrogens with one attached hydrogen (secondary N) is 1. The topological polar surface area (TPSA) is 55.4 Å². The molecule has 0 radical (unpaired) electrons. The van der Waals surface area contributed by atoms with Gasteiger partial charge in [-0.15, -0.1) is 11.6 Å². The lowest BCUT2D eigenvalue weighted by atomic mass is 10.1. The van der Waals surface area contributed by atoms with Crippen LogP contribution in [0.5, 0.6) is 5.75 Å². The van der Waals surface area contributed by atoms with Gasteiger partial charge in [0.2, 0.25) is 0 Å². The maximum absolute atomic E-state index is 11.2. The van der Waals surface area contributed by atoms with Crippen molar-refractivity contribution in [2.24, 2.45) is 0 Å². The molecule has 5 heteroatoms. The highest BCUT2D eigenvalue weighted by Gasteiger charge is 2.16. The van der Waals surface area contributed by atoms with Crippen LogP contribution in [-0.4, -0.2) is 24.2 Å². The SMILES string of the molecule is O=C(CCl)Cc1ccc2c(c1)NC(=O)CO2. The molecule has 84 valence electrons. The molecule has 16 heavy (non-hydrogen) atoms. The Morgan fingerprint density at radius 2 is 2.31 bits per heavy atom. The summed E-state index contributed by atoms with van der Waals surface area (Å²) in [5.74, 6) is 0.389. The lowest BCUT2D eigenvalue weighted by molar-refractivity contribution is -0.118. The van der Waals surface area contributed by atoms with E-state index >= 15 is 0 Å². The molecule has 0 bridgehead atoms. The maximum Gasteiger partial charge on any atom is 0.262 e. The van der Waals surface area contributed by atoms with Crippen molar-refractivity contribution in [2.75, 3.05) is 17.8 Å². The van der Waals surface area contributed by atoms with Gasteiger partial charge in [-0.25, -0.2) is 0 Å². The fraction of sp³-hybridized carbons (Fsp3) is 0.273. The van der Waals surface area contributed by atoms with Crippen LogP contribution in [0, 0.1) is 0 Å². The number of amides is 1. The molecule has 1 aliphatic rings. The minimum absolute atomic E-state index is 0.0000557. The Hall–Kier alpha value is -1.55. The van der Waals surface area contributed by atoms with Crippen LogP contribution in [0.1, 0.15) is 5.56 Å². The molecule has 1 aromatic carbocycles. The second kappa shape index (κ2) is 4.53. The normalized spacial score (nSPS) is 13.7. The van der Waals surface area contributed by atoms with Crippen LogP contribution in [-0.2, 0) is 16.0 Å². The molecule has 0 unspecified atom stereocenters. The summed E-state index contributed by atoms with van der Waals surface area (Å²) in [5.41, 5.74) is 1.42. The minimum atomic E-state index is -0.187. The smallest absolute Gasteiger partial charge is 0.262 e. The fourth-order valence-electron chi connectivity index (χ4n) is 1.52. The van der Waals surface area contributed by atoms with Crippen LogP contribution >= 0.6 is 11.6 Å². The van der Waals surface area contributed by atoms with Crippen LogP contribution in [0.4, 0.5) is 5.69 Å². The van der Waals surface area contributed by atoms with Crippen LogP contribution in [0.15, 0.2) is 18.2 Å². The van der Waals surface area contributed by atoms with Crippen molar-refractivity contribution in [3.63, 3.8) is 0 Å². The Morgan fingerprint density at radius 1 is 1.50 bits per heavy atom. The molecule has 4 nitrogen and oxygen atoms in total. The van der Waals surface area contributed by atoms with E-state index in [0.717, 1.165) is 5.56 Å². The first-order chi connectivity index (χ1) is 7.69. The molecule has 0 saturated heterocycles. The van der Waals surface area contributed by atoms with Gasteiger partial charge in [0.25, 0.3) is 5.91 Å². The Labute approximate surface area is 97.5 Å². The van der Waals surface area contributed by atoms with E-state index < -0.39 is 0 Å². The molecule has 2 rings (SSSR count). The van der Waals surface area contributed by atoms with Crippen molar-refractivity contribution >= 4 is 29.0 Å². The summed E-state index contributed by atoms with van der Waals surface area (Å²) >= 11 is 5.42. The molecule has 0 aromatic heterocycles. The number of benzene rings is 1. The number of rotatable bonds is 3. The molecule has 0 aliphatic carbocycles. The largest absolute Gasteiger partial charge is 0.482 e. The highest BCUT2D eigenvalue weighted by atomic mass is 35.5. The molecule has 1 amide bonds. The minimum Gasteiger partial charge on any atom is -0.482 e. The molecule has 0 spiro atoms. The van der Waals surface area contributed by atoms with Crippen molar-refractivity contribution in [1.29, 1.82) is 0 Å². The van der Waals surface area contributed by atoms with Crippen LogP contribution in [0.25, 0.3) is 0 Å². The van der Waals surface area contributed by atoms with Crippen LogP contribution in [0.3, 0.4) is 0 Å². The summed E-state index contributed by atoms with van der Waals surface area (Å²) in [7, 11) is 0. The zero-order valence-corrected chi connectivity index (χ0v) is 9.21. The van der Waals surface area contributed by atoms with Gasteiger partial charge in [0.1, 0.15) is 5.75 Å². The molecule has 1 aliphatic heterocycles. The number of anilines is 1. The zero-order valence-electron chi connectivity index (χ0n) is 8.46. The number of fused-ring (bicyclic) bond motifs is 1. The van der Waals surface area contributed by atoms with Crippen molar-refractivity contribution in [3.05, 3.63) is 23.8 Å². The third-order valence-corrected chi connectivity index (χ3v) is 2.53. The predicted octanol–water partition coefficient (Wildman–Crippen LogP) is 1.37. The molecule has 1 aromatic rings. The maximum atomic E-state index is 11.2. The average molecular weight is 240 g/mol. The van der Waals surface area contributed by atoms with Crippen molar-refractivity contribution in [2.45, 2.75) is 6.42 Å². The zero-order chi connectivity index (χ0) is 11.5. The number of carbonyl (C=O) groups is 2. The number of ether oxygens (including phenoxy) is 1. The molecule has 0 atom stereocenters. The number of alkyl halides is 1. The van der Waals surface area contributed by atoms with Gasteiger partial charge in [0.15, 0.2) is 12.4 Å². The van der Waals surface area contributed by atoms with Gasteiger partial charge < -0.3 is 10.1 Å². The van der Waals surface area contributed by atoms with Crippen molar-refractivity contribution in [3.8, 4) is 5.75 Å². The third-order valence-electron chi connectivity index (χ3n) is 2.23. The van der Waals surface area contributed by atoms with Crippen LogP contribution < -0.4 is 10.1 Å². The Kier molecular flexibility index (Phi) is 3.10. The first kappa shape index (κ1) is 11.0. The highest BCUT2D eigenvalue weighted by molar-refractivity contribution is 6.27. The van der Waals surface area contributed by atoms with E-state index in [0.29, 0.717) is 11.4 Å². The lowest BCUT2D eigenvalue weighted by Gasteiger charge is -2.18. The summed E-state index contributed by atoms with van der Waals surface area (Å²) in [6.07, 6.45) is 0.270. The van der Waals surface area contributed by atoms with Gasteiger partial charge in [-0.1, -0.05) is 6.07 Å². The fourth-order valence-corrected chi connectivity index (χ4v) is 1.61. The van der Waals surface area contributed by atoms with E-state index in [1.54, 1.807) is 18.2 Å². The summed E-state index contributed by atoms with van der Waals surface area (Å²) in [6, 6.07) is 5.27. The summed E-state index contributed by atoms with van der Waals surface area (Å²) in [5, 5.41) is 2.68. The van der Waals surface area contributed by atoms with Gasteiger partial charge in [-0.3, -0.25) is 9.59 Å². The van der Waals surface area contributed by atoms with Crippen molar-refractivity contribution < 1.29 is 14.3 Å². The molecular weight excluding hydrogens is 230 g/mol. The number of halogens is 1. The molecule has 0 saturated carbocycles. The van der Waals surface area contributed by atoms with Gasteiger partial charge in [0.05, 0.1) is 11.6 Å². The monoisotopic (exact) mass is 239 g/mol. The first-order valence-electron chi connectivity index (χ1n) is 4.82. The predicted molar refractivity (Wildman–Crippen MR) is 60.0 cm³/mol. The van der Waals surface area contributed by atoms with Gasteiger partial charge >= 0.3 is 0 Å². The lowest BCUT2D eigenvalue weighted by Crippen LogP contribution is -2.25. The number of hydrogen-bond acceptors (Lipinski definition) is 3. The van der Waals surface area contributed by atoms with E-state index in [1.807, 2.05) is 0 Å². The molecule has 1 heterocycles. The summed E-state index contributed by atoms with van der Waals surface area (Å²) < 4.78 is 5.20. The van der Waals surface area contributed by atoms with Gasteiger partial charge in [-0.05, 0) is 17.7 Å². The Bertz CT molecular complexity index is 445.